The van der Waals surface area contributed by atoms with Crippen LogP contribution >= 0.6 is 0 Å². The van der Waals surface area contributed by atoms with E-state index >= 15 is 0 Å². The van der Waals surface area contributed by atoms with E-state index in [-0.39, 0.29) is 24.0 Å². The molecule has 0 amide bonds. The molecule has 0 aliphatic rings. The fourth-order valence-electron chi connectivity index (χ4n) is 2.84. The van der Waals surface area contributed by atoms with Crippen LogP contribution in [0.3, 0.4) is 0 Å². The van der Waals surface area contributed by atoms with Crippen LogP contribution in [-0.4, -0.2) is 15.5 Å². The SMILES string of the molecule is CC(C)C(=O)OCn1c(-c2ccc(C(C)(C)C)cc2)nc2ccccc21. The summed E-state index contributed by atoms with van der Waals surface area (Å²) in [4.78, 5) is 16.7. The summed E-state index contributed by atoms with van der Waals surface area (Å²) in [5.74, 6) is 0.444. The summed E-state index contributed by atoms with van der Waals surface area (Å²) < 4.78 is 7.44. The average Bonchev–Trinajstić information content (AvgIpc) is 2.97. The number of esters is 1. The van der Waals surface area contributed by atoms with Crippen molar-refractivity contribution in [1.82, 2.24) is 9.55 Å². The lowest BCUT2D eigenvalue weighted by Crippen LogP contribution is -2.15. The molecule has 0 fully saturated rings. The number of hydrogen-bond donors (Lipinski definition) is 0. The highest BCUT2D eigenvalue weighted by atomic mass is 16.5. The summed E-state index contributed by atoms with van der Waals surface area (Å²) in [6.07, 6.45) is 0. The molecule has 0 radical (unpaired) electrons. The van der Waals surface area contributed by atoms with Gasteiger partial charge in [0.1, 0.15) is 5.82 Å². The van der Waals surface area contributed by atoms with E-state index in [2.05, 4.69) is 45.0 Å². The Balaban J connectivity index is 2.02. The first kappa shape index (κ1) is 18.2. The number of carbonyl (C=O) groups excluding carboxylic acids is 1. The second-order valence-electron chi connectivity index (χ2n) is 7.93. The smallest absolute Gasteiger partial charge is 0.310 e. The molecule has 1 heterocycles. The summed E-state index contributed by atoms with van der Waals surface area (Å²) in [5, 5.41) is 0. The zero-order valence-corrected chi connectivity index (χ0v) is 16.1. The van der Waals surface area contributed by atoms with E-state index in [9.17, 15) is 4.79 Å². The van der Waals surface area contributed by atoms with Crippen LogP contribution in [0, 0.1) is 5.92 Å². The molecule has 0 aliphatic carbocycles. The zero-order chi connectivity index (χ0) is 18.9. The number of hydrogen-bond acceptors (Lipinski definition) is 3. The fourth-order valence-corrected chi connectivity index (χ4v) is 2.84. The molecule has 3 aromatic rings. The van der Waals surface area contributed by atoms with E-state index in [1.165, 1.54) is 5.56 Å². The van der Waals surface area contributed by atoms with E-state index in [1.54, 1.807) is 0 Å². The van der Waals surface area contributed by atoms with E-state index in [4.69, 9.17) is 9.72 Å². The third-order valence-corrected chi connectivity index (χ3v) is 4.47. The van der Waals surface area contributed by atoms with E-state index in [1.807, 2.05) is 42.7 Å². The normalized spacial score (nSPS) is 11.9. The molecule has 4 heteroatoms. The number of rotatable bonds is 4. The van der Waals surface area contributed by atoms with Gasteiger partial charge in [-0.25, -0.2) is 4.98 Å². The van der Waals surface area contributed by atoms with Gasteiger partial charge in [-0.3, -0.25) is 9.36 Å². The van der Waals surface area contributed by atoms with Crippen LogP contribution in [0.1, 0.15) is 40.2 Å². The molecule has 0 N–H and O–H groups in total. The predicted molar refractivity (Wildman–Crippen MR) is 105 cm³/mol. The van der Waals surface area contributed by atoms with Crippen molar-refractivity contribution < 1.29 is 9.53 Å². The van der Waals surface area contributed by atoms with Crippen molar-refractivity contribution in [2.75, 3.05) is 0 Å². The number of nitrogens with zero attached hydrogens (tertiary/aromatic N) is 2. The van der Waals surface area contributed by atoms with Gasteiger partial charge in [0.15, 0.2) is 6.73 Å². The van der Waals surface area contributed by atoms with Gasteiger partial charge >= 0.3 is 5.97 Å². The Morgan fingerprint density at radius 1 is 1.08 bits per heavy atom. The fraction of sp³-hybridized carbons (Fsp3) is 0.364. The van der Waals surface area contributed by atoms with Gasteiger partial charge < -0.3 is 4.74 Å². The molecule has 136 valence electrons. The van der Waals surface area contributed by atoms with Crippen LogP contribution in [0.25, 0.3) is 22.4 Å². The van der Waals surface area contributed by atoms with Crippen molar-refractivity contribution >= 4 is 17.0 Å². The third-order valence-electron chi connectivity index (χ3n) is 4.47. The van der Waals surface area contributed by atoms with Gasteiger partial charge in [0.25, 0.3) is 0 Å². The van der Waals surface area contributed by atoms with Crippen LogP contribution in [0.15, 0.2) is 48.5 Å². The maximum atomic E-state index is 11.9. The molecule has 0 atom stereocenters. The van der Waals surface area contributed by atoms with E-state index in [0.717, 1.165) is 22.4 Å². The quantitative estimate of drug-likeness (QED) is 0.611. The minimum absolute atomic E-state index is 0.103. The molecule has 0 spiro atoms. The standard InChI is InChI=1S/C22H26N2O2/c1-15(2)21(25)26-14-24-19-9-7-6-8-18(19)23-20(24)16-10-12-17(13-11-16)22(3,4)5/h6-13,15H,14H2,1-5H3. The molecule has 3 rings (SSSR count). The first-order valence-electron chi connectivity index (χ1n) is 9.00. The molecule has 2 aromatic carbocycles. The summed E-state index contributed by atoms with van der Waals surface area (Å²) in [5.41, 5.74) is 4.23. The average molecular weight is 350 g/mol. The highest BCUT2D eigenvalue weighted by Crippen LogP contribution is 2.28. The first-order valence-corrected chi connectivity index (χ1v) is 9.00. The van der Waals surface area contributed by atoms with Crippen molar-refractivity contribution in [3.8, 4) is 11.4 Å². The van der Waals surface area contributed by atoms with E-state index < -0.39 is 0 Å². The molecule has 1 aromatic heterocycles. The molecule has 0 saturated carbocycles. The van der Waals surface area contributed by atoms with Crippen LogP contribution in [-0.2, 0) is 21.7 Å². The van der Waals surface area contributed by atoms with Crippen LogP contribution in [0.2, 0.25) is 0 Å². The molecule has 0 bridgehead atoms. The summed E-state index contributed by atoms with van der Waals surface area (Å²) >= 11 is 0. The predicted octanol–water partition coefficient (Wildman–Crippen LogP) is 5.16. The Morgan fingerprint density at radius 2 is 1.73 bits per heavy atom. The lowest BCUT2D eigenvalue weighted by atomic mass is 9.87. The largest absolute Gasteiger partial charge is 0.444 e. The van der Waals surface area contributed by atoms with Gasteiger partial charge in [0.05, 0.1) is 17.0 Å². The Morgan fingerprint density at radius 3 is 2.35 bits per heavy atom. The van der Waals surface area contributed by atoms with Crippen molar-refractivity contribution in [2.45, 2.75) is 46.8 Å². The minimum Gasteiger partial charge on any atom is -0.444 e. The Kier molecular flexibility index (Phi) is 4.86. The second kappa shape index (κ2) is 6.94. The lowest BCUT2D eigenvalue weighted by molar-refractivity contribution is -0.151. The monoisotopic (exact) mass is 350 g/mol. The number of benzene rings is 2. The Labute approximate surface area is 154 Å². The highest BCUT2D eigenvalue weighted by Gasteiger charge is 2.17. The topological polar surface area (TPSA) is 44.1 Å². The number of fused-ring (bicyclic) bond motifs is 1. The second-order valence-corrected chi connectivity index (χ2v) is 7.93. The molecule has 0 aliphatic heterocycles. The Bertz CT molecular complexity index is 915. The molecular formula is C22H26N2O2. The van der Waals surface area contributed by atoms with Crippen LogP contribution < -0.4 is 0 Å². The van der Waals surface area contributed by atoms with Crippen molar-refractivity contribution in [3.63, 3.8) is 0 Å². The summed E-state index contributed by atoms with van der Waals surface area (Å²) in [6.45, 7) is 10.4. The number of carbonyl (C=O) groups is 1. The van der Waals surface area contributed by atoms with Crippen molar-refractivity contribution in [2.24, 2.45) is 5.92 Å². The van der Waals surface area contributed by atoms with Gasteiger partial charge in [-0.1, -0.05) is 71.0 Å². The number of imidazole rings is 1. The maximum Gasteiger partial charge on any atom is 0.310 e. The highest BCUT2D eigenvalue weighted by molar-refractivity contribution is 5.80. The van der Waals surface area contributed by atoms with Crippen molar-refractivity contribution in [3.05, 3.63) is 54.1 Å². The Hall–Kier alpha value is -2.62. The first-order chi connectivity index (χ1) is 12.3. The van der Waals surface area contributed by atoms with Crippen LogP contribution in [0.5, 0.6) is 0 Å². The number of ether oxygens (including phenoxy) is 1. The molecule has 0 unspecified atom stereocenters. The van der Waals surface area contributed by atoms with Gasteiger partial charge in [-0.15, -0.1) is 0 Å². The van der Waals surface area contributed by atoms with Gasteiger partial charge in [0, 0.05) is 5.56 Å². The van der Waals surface area contributed by atoms with E-state index in [0.29, 0.717) is 0 Å². The summed E-state index contributed by atoms with van der Waals surface area (Å²) in [7, 11) is 0. The summed E-state index contributed by atoms with van der Waals surface area (Å²) in [6, 6.07) is 16.4. The maximum absolute atomic E-state index is 11.9. The van der Waals surface area contributed by atoms with Crippen molar-refractivity contribution in [1.29, 1.82) is 0 Å². The van der Waals surface area contributed by atoms with Gasteiger partial charge in [-0.2, -0.15) is 0 Å². The third kappa shape index (κ3) is 3.64. The van der Waals surface area contributed by atoms with Crippen LogP contribution in [0.4, 0.5) is 0 Å². The molecule has 4 nitrogen and oxygen atoms in total. The lowest BCUT2D eigenvalue weighted by Gasteiger charge is -2.19. The number of para-hydroxylation sites is 2. The molecule has 0 saturated heterocycles. The minimum atomic E-state index is -0.211. The molecular weight excluding hydrogens is 324 g/mol. The molecule has 26 heavy (non-hydrogen) atoms. The number of aromatic nitrogens is 2. The zero-order valence-electron chi connectivity index (χ0n) is 16.1. The van der Waals surface area contributed by atoms with Gasteiger partial charge in [0.2, 0.25) is 0 Å². The van der Waals surface area contributed by atoms with Gasteiger partial charge in [-0.05, 0) is 23.1 Å².